The van der Waals surface area contributed by atoms with E-state index in [9.17, 15) is 0 Å². The van der Waals surface area contributed by atoms with E-state index >= 15 is 0 Å². The highest BCUT2D eigenvalue weighted by molar-refractivity contribution is 7.80. The number of nitrogens with one attached hydrogen (secondary N) is 4. The predicted octanol–water partition coefficient (Wildman–Crippen LogP) is 5.90. The summed E-state index contributed by atoms with van der Waals surface area (Å²) >= 11 is 10.9. The summed E-state index contributed by atoms with van der Waals surface area (Å²) in [5.41, 5.74) is 8.02. The summed E-state index contributed by atoms with van der Waals surface area (Å²) in [6, 6.07) is 16.6. The third-order valence-electron chi connectivity index (χ3n) is 6.87. The number of thiocarbonyl (C=S) groups is 2. The number of hydrogen-bond acceptors (Lipinski definition) is 6. The smallest absolute Gasteiger partial charge is 0.186 e. The third-order valence-corrected chi connectivity index (χ3v) is 7.34. The number of halogens is 2. The maximum absolute atomic E-state index is 5.44. The molecule has 0 spiro atoms. The van der Waals surface area contributed by atoms with Crippen molar-refractivity contribution in [2.75, 3.05) is 54.4 Å². The molecule has 0 radical (unpaired) electrons. The summed E-state index contributed by atoms with van der Waals surface area (Å²) in [5.74, 6) is 0. The zero-order valence-electron chi connectivity index (χ0n) is 26.3. The zero-order chi connectivity index (χ0) is 30.2. The molecule has 3 aromatic rings. The SMILES string of the molecule is CN(C)CCCCCNC(=S)N/N=C/c1c2ccccc2c(/C=N/NC(=S)NCCCCCN(C)C)c2ccccc12.Cl.Cl. The van der Waals surface area contributed by atoms with Crippen LogP contribution in [0.15, 0.2) is 58.7 Å². The summed E-state index contributed by atoms with van der Waals surface area (Å²) in [6.45, 7) is 3.88. The van der Waals surface area contributed by atoms with Gasteiger partial charge in [0.15, 0.2) is 10.2 Å². The van der Waals surface area contributed by atoms with Gasteiger partial charge >= 0.3 is 0 Å². The Morgan fingerprint density at radius 1 is 0.591 bits per heavy atom. The van der Waals surface area contributed by atoms with Crippen LogP contribution in [0.25, 0.3) is 21.5 Å². The van der Waals surface area contributed by atoms with E-state index < -0.39 is 0 Å². The van der Waals surface area contributed by atoms with E-state index in [0.29, 0.717) is 10.2 Å². The second kappa shape index (κ2) is 22.0. The lowest BCUT2D eigenvalue weighted by Gasteiger charge is -2.13. The molecule has 0 saturated heterocycles. The van der Waals surface area contributed by atoms with E-state index in [1.54, 1.807) is 0 Å². The fraction of sp³-hybridized carbons (Fsp3) is 0.438. The molecule has 0 bridgehead atoms. The molecule has 0 aliphatic heterocycles. The highest BCUT2D eigenvalue weighted by atomic mass is 35.5. The number of nitrogens with zero attached hydrogens (tertiary/aromatic N) is 4. The van der Waals surface area contributed by atoms with Gasteiger partial charge in [-0.25, -0.2) is 0 Å². The van der Waals surface area contributed by atoms with Crippen LogP contribution < -0.4 is 21.5 Å². The van der Waals surface area contributed by atoms with Gasteiger partial charge in [-0.3, -0.25) is 10.9 Å². The molecule has 3 rings (SSSR count). The first-order chi connectivity index (χ1) is 20.4. The van der Waals surface area contributed by atoms with Crippen LogP contribution in [0.5, 0.6) is 0 Å². The van der Waals surface area contributed by atoms with Gasteiger partial charge in [-0.1, -0.05) is 61.4 Å². The van der Waals surface area contributed by atoms with E-state index in [0.717, 1.165) is 71.7 Å². The van der Waals surface area contributed by atoms with Crippen LogP contribution in [0.3, 0.4) is 0 Å². The van der Waals surface area contributed by atoms with Crippen LogP contribution in [-0.2, 0) is 0 Å². The topological polar surface area (TPSA) is 79.3 Å². The van der Waals surface area contributed by atoms with E-state index in [-0.39, 0.29) is 24.8 Å². The largest absolute Gasteiger partial charge is 0.361 e. The lowest BCUT2D eigenvalue weighted by Crippen LogP contribution is -2.32. The lowest BCUT2D eigenvalue weighted by atomic mass is 9.92. The average molecular weight is 680 g/mol. The van der Waals surface area contributed by atoms with Crippen molar-refractivity contribution in [1.82, 2.24) is 31.3 Å². The second-order valence-corrected chi connectivity index (χ2v) is 11.7. The molecule has 3 aromatic carbocycles. The van der Waals surface area contributed by atoms with Crippen molar-refractivity contribution in [3.63, 3.8) is 0 Å². The minimum Gasteiger partial charge on any atom is -0.361 e. The maximum Gasteiger partial charge on any atom is 0.186 e. The molecule has 0 heterocycles. The van der Waals surface area contributed by atoms with Crippen LogP contribution in [0, 0.1) is 0 Å². The van der Waals surface area contributed by atoms with Gasteiger partial charge in [-0.15, -0.1) is 24.8 Å². The van der Waals surface area contributed by atoms with Gasteiger partial charge < -0.3 is 20.4 Å². The molecule has 0 aromatic heterocycles. The number of benzene rings is 3. The minimum atomic E-state index is 0. The van der Waals surface area contributed by atoms with Crippen LogP contribution >= 0.6 is 49.2 Å². The zero-order valence-corrected chi connectivity index (χ0v) is 29.5. The van der Waals surface area contributed by atoms with Crippen molar-refractivity contribution >= 4 is 93.4 Å². The van der Waals surface area contributed by atoms with Gasteiger partial charge in [0, 0.05) is 24.2 Å². The lowest BCUT2D eigenvalue weighted by molar-refractivity contribution is 0.391. The summed E-state index contributed by atoms with van der Waals surface area (Å²) in [4.78, 5) is 4.42. The maximum atomic E-state index is 5.44. The van der Waals surface area contributed by atoms with Gasteiger partial charge in [-0.2, -0.15) is 10.2 Å². The van der Waals surface area contributed by atoms with E-state index in [1.165, 1.54) is 25.7 Å². The van der Waals surface area contributed by atoms with Crippen molar-refractivity contribution < 1.29 is 0 Å². The average Bonchev–Trinajstić information content (AvgIpc) is 2.97. The molecule has 0 unspecified atom stereocenters. The Morgan fingerprint density at radius 2 is 0.932 bits per heavy atom. The minimum absolute atomic E-state index is 0. The van der Waals surface area contributed by atoms with E-state index in [1.807, 2.05) is 36.7 Å². The molecule has 0 atom stereocenters. The molecule has 0 amide bonds. The summed E-state index contributed by atoms with van der Waals surface area (Å²) in [5, 5.41) is 20.9. The molecular formula is C32H48Cl2N8S2. The van der Waals surface area contributed by atoms with Crippen molar-refractivity contribution in [1.29, 1.82) is 0 Å². The fourth-order valence-electron chi connectivity index (χ4n) is 4.73. The van der Waals surface area contributed by atoms with Gasteiger partial charge in [0.25, 0.3) is 0 Å². The first kappa shape index (κ1) is 39.4. The molecule has 8 nitrogen and oxygen atoms in total. The summed E-state index contributed by atoms with van der Waals surface area (Å²) < 4.78 is 0. The number of fused-ring (bicyclic) bond motifs is 2. The number of hydrazone groups is 2. The molecular weight excluding hydrogens is 631 g/mol. The number of hydrogen-bond donors (Lipinski definition) is 4. The normalized spacial score (nSPS) is 11.2. The Hall–Kier alpha value is -2.60. The Bertz CT molecular complexity index is 1210. The molecule has 0 fully saturated rings. The molecule has 44 heavy (non-hydrogen) atoms. The molecule has 0 saturated carbocycles. The van der Waals surface area contributed by atoms with Crippen LogP contribution in [0.2, 0.25) is 0 Å². The molecule has 0 aliphatic carbocycles. The number of unbranched alkanes of at least 4 members (excludes halogenated alkanes) is 4. The highest BCUT2D eigenvalue weighted by Crippen LogP contribution is 2.31. The quantitative estimate of drug-likeness (QED) is 0.0491. The Labute approximate surface area is 286 Å². The van der Waals surface area contributed by atoms with Crippen molar-refractivity contribution in [2.45, 2.75) is 38.5 Å². The van der Waals surface area contributed by atoms with Crippen molar-refractivity contribution in [2.24, 2.45) is 10.2 Å². The van der Waals surface area contributed by atoms with Gasteiger partial charge in [-0.05, 0) is 113 Å². The summed E-state index contributed by atoms with van der Waals surface area (Å²) in [6.07, 6.45) is 10.6. The van der Waals surface area contributed by atoms with Gasteiger partial charge in [0.05, 0.1) is 12.4 Å². The summed E-state index contributed by atoms with van der Waals surface area (Å²) in [7, 11) is 8.41. The van der Waals surface area contributed by atoms with Crippen molar-refractivity contribution in [3.8, 4) is 0 Å². The Morgan fingerprint density at radius 3 is 1.25 bits per heavy atom. The van der Waals surface area contributed by atoms with Gasteiger partial charge in [0.1, 0.15) is 0 Å². The molecule has 0 aliphatic rings. The van der Waals surface area contributed by atoms with Crippen LogP contribution in [0.4, 0.5) is 0 Å². The van der Waals surface area contributed by atoms with Gasteiger partial charge in [0.2, 0.25) is 0 Å². The molecule has 4 N–H and O–H groups in total. The third kappa shape index (κ3) is 13.6. The highest BCUT2D eigenvalue weighted by Gasteiger charge is 2.11. The fourth-order valence-corrected chi connectivity index (χ4v) is 5.04. The van der Waals surface area contributed by atoms with Crippen LogP contribution in [-0.4, -0.2) is 86.8 Å². The van der Waals surface area contributed by atoms with E-state index in [4.69, 9.17) is 24.4 Å². The number of rotatable bonds is 16. The second-order valence-electron chi connectivity index (χ2n) is 10.9. The predicted molar refractivity (Wildman–Crippen MR) is 203 cm³/mol. The first-order valence-corrected chi connectivity index (χ1v) is 15.5. The van der Waals surface area contributed by atoms with E-state index in [2.05, 4.69) is 93.9 Å². The Balaban J connectivity index is 0.00000484. The van der Waals surface area contributed by atoms with Crippen LogP contribution in [0.1, 0.15) is 49.7 Å². The first-order valence-electron chi connectivity index (χ1n) is 14.7. The standard InChI is InChI=1S/C32H46N8S2.2ClH/c1-39(2)21-13-5-11-19-33-31(41)37-35-23-29-25-15-7-9-17-27(25)30(28-18-10-8-16-26(28)29)24-36-38-32(42)34-20-12-6-14-22-40(3)4;;/h7-10,15-18,23-24H,5-6,11-14,19-22H2,1-4H3,(H2,33,37,41)(H2,34,38,42);2*1H/b35-23+,36-24+;;. The van der Waals surface area contributed by atoms with Crippen molar-refractivity contribution in [3.05, 3.63) is 59.7 Å². The molecule has 12 heteroatoms. The Kier molecular flexibility index (Phi) is 19.7. The monoisotopic (exact) mass is 678 g/mol. The molecule has 242 valence electrons.